The molecule has 0 spiro atoms. The summed E-state index contributed by atoms with van der Waals surface area (Å²) in [6, 6.07) is 14.0. The first-order valence-electron chi connectivity index (χ1n) is 7.10. The van der Waals surface area contributed by atoms with Gasteiger partial charge in [0.15, 0.2) is 0 Å². The minimum Gasteiger partial charge on any atom is -0.354 e. The van der Waals surface area contributed by atoms with Gasteiger partial charge in [-0.3, -0.25) is 9.59 Å². The molecule has 120 valence electrons. The Morgan fingerprint density at radius 1 is 0.957 bits per heavy atom. The quantitative estimate of drug-likeness (QED) is 0.840. The molecule has 0 aliphatic rings. The van der Waals surface area contributed by atoms with Crippen LogP contribution in [0, 0.1) is 0 Å². The molecule has 2 rings (SSSR count). The summed E-state index contributed by atoms with van der Waals surface area (Å²) in [6.45, 7) is 0.365. The van der Waals surface area contributed by atoms with Crippen LogP contribution in [-0.4, -0.2) is 24.9 Å². The molecule has 23 heavy (non-hydrogen) atoms. The van der Waals surface area contributed by atoms with E-state index in [4.69, 9.17) is 23.2 Å². The zero-order valence-electron chi connectivity index (χ0n) is 12.3. The van der Waals surface area contributed by atoms with Gasteiger partial charge in [-0.25, -0.2) is 0 Å². The van der Waals surface area contributed by atoms with Crippen molar-refractivity contribution in [1.29, 1.82) is 0 Å². The average Bonchev–Trinajstić information content (AvgIpc) is 2.55. The Bertz CT molecular complexity index is 690. The van der Waals surface area contributed by atoms with E-state index in [1.807, 2.05) is 12.1 Å². The van der Waals surface area contributed by atoms with Crippen molar-refractivity contribution >= 4 is 35.0 Å². The molecule has 0 saturated carbocycles. The van der Waals surface area contributed by atoms with Gasteiger partial charge < -0.3 is 10.6 Å². The number of carbonyl (C=O) groups is 2. The van der Waals surface area contributed by atoms with Gasteiger partial charge in [0.05, 0.1) is 6.54 Å². The van der Waals surface area contributed by atoms with Gasteiger partial charge in [-0.1, -0.05) is 47.5 Å². The van der Waals surface area contributed by atoms with E-state index in [1.165, 1.54) is 0 Å². The van der Waals surface area contributed by atoms with Crippen LogP contribution in [0.2, 0.25) is 10.0 Å². The van der Waals surface area contributed by atoms with Gasteiger partial charge in [0.1, 0.15) is 0 Å². The number of nitrogens with one attached hydrogen (secondary N) is 2. The van der Waals surface area contributed by atoms with Crippen LogP contribution < -0.4 is 10.6 Å². The van der Waals surface area contributed by atoms with E-state index in [1.54, 1.807) is 36.4 Å². The lowest BCUT2D eigenvalue weighted by atomic mass is 10.1. The Labute approximate surface area is 144 Å². The van der Waals surface area contributed by atoms with Gasteiger partial charge in [0.2, 0.25) is 5.91 Å². The summed E-state index contributed by atoms with van der Waals surface area (Å²) < 4.78 is 0. The molecule has 6 heteroatoms. The Hall–Kier alpha value is -2.04. The summed E-state index contributed by atoms with van der Waals surface area (Å²) in [5.74, 6) is -0.527. The molecule has 0 aliphatic carbocycles. The average molecular weight is 351 g/mol. The first kappa shape index (κ1) is 17.3. The van der Waals surface area contributed by atoms with Gasteiger partial charge in [0, 0.05) is 22.2 Å². The summed E-state index contributed by atoms with van der Waals surface area (Å²) in [6.07, 6.45) is 0.592. The molecule has 0 radical (unpaired) electrons. The van der Waals surface area contributed by atoms with Crippen LogP contribution in [0.3, 0.4) is 0 Å². The van der Waals surface area contributed by atoms with E-state index in [9.17, 15) is 9.59 Å². The SMILES string of the molecule is O=C(CNC(=O)c1ccccc1)NCCc1ccc(Cl)cc1Cl. The molecule has 0 saturated heterocycles. The van der Waals surface area contributed by atoms with Crippen LogP contribution in [0.25, 0.3) is 0 Å². The van der Waals surface area contributed by atoms with E-state index in [0.29, 0.717) is 28.6 Å². The highest BCUT2D eigenvalue weighted by Crippen LogP contribution is 2.20. The molecular formula is C17H16Cl2N2O2. The molecule has 0 heterocycles. The minimum absolute atomic E-state index is 0.0674. The number of halogens is 2. The molecule has 2 amide bonds. The van der Waals surface area contributed by atoms with Crippen molar-refractivity contribution in [2.45, 2.75) is 6.42 Å². The summed E-state index contributed by atoms with van der Waals surface area (Å²) in [5, 5.41) is 6.45. The van der Waals surface area contributed by atoms with Crippen LogP contribution >= 0.6 is 23.2 Å². The second-order valence-electron chi connectivity index (χ2n) is 4.88. The fourth-order valence-electron chi connectivity index (χ4n) is 1.98. The van der Waals surface area contributed by atoms with E-state index in [2.05, 4.69) is 10.6 Å². The molecular weight excluding hydrogens is 335 g/mol. The summed E-state index contributed by atoms with van der Waals surface area (Å²) in [5.41, 5.74) is 1.43. The number of hydrogen-bond acceptors (Lipinski definition) is 2. The van der Waals surface area contributed by atoms with Crippen LogP contribution in [0.5, 0.6) is 0 Å². The second kappa shape index (κ2) is 8.56. The lowest BCUT2D eigenvalue weighted by Gasteiger charge is -2.08. The van der Waals surface area contributed by atoms with Crippen molar-refractivity contribution in [1.82, 2.24) is 10.6 Å². The third kappa shape index (κ3) is 5.58. The maximum atomic E-state index is 11.8. The third-order valence-electron chi connectivity index (χ3n) is 3.18. The van der Waals surface area contributed by atoms with E-state index >= 15 is 0 Å². The van der Waals surface area contributed by atoms with Crippen LogP contribution in [0.1, 0.15) is 15.9 Å². The molecule has 0 bridgehead atoms. The standard InChI is InChI=1S/C17H16Cl2N2O2/c18-14-7-6-12(15(19)10-14)8-9-20-16(22)11-21-17(23)13-4-2-1-3-5-13/h1-7,10H,8-9,11H2,(H,20,22)(H,21,23). The van der Waals surface area contributed by atoms with Gasteiger partial charge in [-0.05, 0) is 36.2 Å². The molecule has 0 atom stereocenters. The van der Waals surface area contributed by atoms with Crippen LogP contribution in [0.4, 0.5) is 0 Å². The number of benzene rings is 2. The Morgan fingerprint density at radius 3 is 2.39 bits per heavy atom. The van der Waals surface area contributed by atoms with Gasteiger partial charge in [-0.2, -0.15) is 0 Å². The highest BCUT2D eigenvalue weighted by Gasteiger charge is 2.07. The van der Waals surface area contributed by atoms with Gasteiger partial charge in [0.25, 0.3) is 5.91 Å². The predicted octanol–water partition coefficient (Wildman–Crippen LogP) is 3.08. The largest absolute Gasteiger partial charge is 0.354 e. The van der Waals surface area contributed by atoms with Crippen molar-refractivity contribution in [2.75, 3.05) is 13.1 Å². The van der Waals surface area contributed by atoms with Crippen molar-refractivity contribution in [3.8, 4) is 0 Å². The van der Waals surface area contributed by atoms with Crippen LogP contribution in [-0.2, 0) is 11.2 Å². The van der Waals surface area contributed by atoms with Crippen molar-refractivity contribution in [2.24, 2.45) is 0 Å². The molecule has 2 aromatic carbocycles. The molecule has 0 fully saturated rings. The third-order valence-corrected chi connectivity index (χ3v) is 3.76. The molecule has 0 aliphatic heterocycles. The van der Waals surface area contributed by atoms with E-state index < -0.39 is 0 Å². The summed E-state index contributed by atoms with van der Waals surface area (Å²) in [7, 11) is 0. The minimum atomic E-state index is -0.276. The zero-order chi connectivity index (χ0) is 16.7. The zero-order valence-corrected chi connectivity index (χ0v) is 13.8. The Balaban J connectivity index is 1.72. The van der Waals surface area contributed by atoms with Gasteiger partial charge >= 0.3 is 0 Å². The normalized spacial score (nSPS) is 10.2. The molecule has 0 aromatic heterocycles. The number of amides is 2. The smallest absolute Gasteiger partial charge is 0.251 e. The maximum absolute atomic E-state index is 11.8. The maximum Gasteiger partial charge on any atom is 0.251 e. The van der Waals surface area contributed by atoms with Crippen molar-refractivity contribution in [3.63, 3.8) is 0 Å². The van der Waals surface area contributed by atoms with Crippen LogP contribution in [0.15, 0.2) is 48.5 Å². The van der Waals surface area contributed by atoms with Crippen molar-refractivity contribution < 1.29 is 9.59 Å². The molecule has 4 nitrogen and oxygen atoms in total. The number of carbonyl (C=O) groups excluding carboxylic acids is 2. The fourth-order valence-corrected chi connectivity index (χ4v) is 2.48. The fraction of sp³-hybridized carbons (Fsp3) is 0.176. The molecule has 0 unspecified atom stereocenters. The second-order valence-corrected chi connectivity index (χ2v) is 5.73. The number of rotatable bonds is 6. The summed E-state index contributed by atoms with van der Waals surface area (Å²) >= 11 is 11.9. The first-order chi connectivity index (χ1) is 11.1. The van der Waals surface area contributed by atoms with E-state index in [0.717, 1.165) is 5.56 Å². The lowest BCUT2D eigenvalue weighted by molar-refractivity contribution is -0.120. The van der Waals surface area contributed by atoms with Gasteiger partial charge in [-0.15, -0.1) is 0 Å². The Kier molecular flexibility index (Phi) is 6.44. The topological polar surface area (TPSA) is 58.2 Å². The highest BCUT2D eigenvalue weighted by atomic mass is 35.5. The predicted molar refractivity (Wildman–Crippen MR) is 92.0 cm³/mol. The molecule has 2 N–H and O–H groups in total. The van der Waals surface area contributed by atoms with E-state index in [-0.39, 0.29) is 18.4 Å². The first-order valence-corrected chi connectivity index (χ1v) is 7.86. The summed E-state index contributed by atoms with van der Waals surface area (Å²) in [4.78, 5) is 23.5. The lowest BCUT2D eigenvalue weighted by Crippen LogP contribution is -2.37. The Morgan fingerprint density at radius 2 is 1.70 bits per heavy atom. The highest BCUT2D eigenvalue weighted by molar-refractivity contribution is 6.35. The monoisotopic (exact) mass is 350 g/mol. The molecule has 2 aromatic rings. The number of hydrogen-bond donors (Lipinski definition) is 2. The van der Waals surface area contributed by atoms with Crippen molar-refractivity contribution in [3.05, 3.63) is 69.7 Å².